The van der Waals surface area contributed by atoms with Crippen molar-refractivity contribution in [3.05, 3.63) is 72.4 Å². The molecule has 0 radical (unpaired) electrons. The lowest BCUT2D eigenvalue weighted by molar-refractivity contribution is -0.126. The van der Waals surface area contributed by atoms with Gasteiger partial charge < -0.3 is 9.88 Å². The highest BCUT2D eigenvalue weighted by atomic mass is 32.2. The monoisotopic (exact) mass is 484 g/mol. The summed E-state index contributed by atoms with van der Waals surface area (Å²) < 4.78 is 43.5. The average Bonchev–Trinajstić information content (AvgIpc) is 3.26. The van der Waals surface area contributed by atoms with E-state index in [1.165, 1.54) is 12.1 Å². The number of carbonyl (C=O) groups is 1. The highest BCUT2D eigenvalue weighted by Gasteiger charge is 2.29. The number of rotatable bonds is 7. The molecule has 1 aromatic heterocycles. The maximum absolute atomic E-state index is 13.1. The zero-order chi connectivity index (χ0) is 24.3. The molecule has 180 valence electrons. The van der Waals surface area contributed by atoms with Crippen LogP contribution in [0, 0.1) is 11.7 Å². The Morgan fingerprint density at radius 1 is 1.06 bits per heavy atom. The summed E-state index contributed by atoms with van der Waals surface area (Å²) in [6.45, 7) is 1.87. The summed E-state index contributed by atoms with van der Waals surface area (Å²) >= 11 is 0. The summed E-state index contributed by atoms with van der Waals surface area (Å²) in [6.07, 6.45) is 5.96. The molecule has 1 amide bonds. The molecule has 0 saturated heterocycles. The molecule has 1 aliphatic rings. The van der Waals surface area contributed by atoms with Gasteiger partial charge >= 0.3 is 0 Å². The maximum Gasteiger partial charge on any atom is 0.240 e. The molecule has 0 unspecified atom stereocenters. The Morgan fingerprint density at radius 3 is 2.29 bits per heavy atom. The van der Waals surface area contributed by atoms with E-state index in [0.717, 1.165) is 16.8 Å². The number of nitrogens with zero attached hydrogens (tertiary/aromatic N) is 2. The fourth-order valence-corrected chi connectivity index (χ4v) is 5.60. The second-order valence-electron chi connectivity index (χ2n) is 8.90. The third-order valence-electron chi connectivity index (χ3n) is 6.31. The van der Waals surface area contributed by atoms with E-state index in [0.29, 0.717) is 25.7 Å². The summed E-state index contributed by atoms with van der Waals surface area (Å²) in [6, 6.07) is 12.3. The smallest absolute Gasteiger partial charge is 0.240 e. The standard InChI is InChI=1S/C25H29FN4O3S/c1-17(18-3-9-21(26)10-4-18)28-25(31)20-5-11-22(12-6-20)29-34(32,33)23-13-7-19(8-14-23)24-15-30(2)16-27-24/h3-4,7-10,13-17,20,22,29H,5-6,11-12H2,1-2H3,(H,28,31)/t17-,20?,22?/m1/s1. The summed E-state index contributed by atoms with van der Waals surface area (Å²) in [4.78, 5) is 17.2. The Hall–Kier alpha value is -3.04. The van der Waals surface area contributed by atoms with Gasteiger partial charge in [0.15, 0.2) is 0 Å². The van der Waals surface area contributed by atoms with Crippen LogP contribution in [0.25, 0.3) is 11.3 Å². The summed E-state index contributed by atoms with van der Waals surface area (Å²) in [5, 5.41) is 2.99. The van der Waals surface area contributed by atoms with Crippen LogP contribution in [0.4, 0.5) is 4.39 Å². The lowest BCUT2D eigenvalue weighted by Crippen LogP contribution is -2.41. The van der Waals surface area contributed by atoms with Crippen LogP contribution in [-0.4, -0.2) is 29.9 Å². The third-order valence-corrected chi connectivity index (χ3v) is 7.85. The van der Waals surface area contributed by atoms with Gasteiger partial charge in [-0.3, -0.25) is 4.79 Å². The van der Waals surface area contributed by atoms with Crippen LogP contribution < -0.4 is 10.0 Å². The molecule has 2 N–H and O–H groups in total. The zero-order valence-electron chi connectivity index (χ0n) is 19.2. The molecule has 4 rings (SSSR count). The molecule has 1 saturated carbocycles. The average molecular weight is 485 g/mol. The number of sulfonamides is 1. The minimum atomic E-state index is -3.66. The molecule has 9 heteroatoms. The van der Waals surface area contributed by atoms with E-state index in [4.69, 9.17) is 0 Å². The maximum atomic E-state index is 13.1. The van der Waals surface area contributed by atoms with Crippen molar-refractivity contribution >= 4 is 15.9 Å². The normalized spacial score (nSPS) is 19.5. The molecule has 1 heterocycles. The number of hydrogen-bond acceptors (Lipinski definition) is 4. The molecule has 1 aliphatic carbocycles. The van der Waals surface area contributed by atoms with Gasteiger partial charge in [0.2, 0.25) is 15.9 Å². The number of hydrogen-bond donors (Lipinski definition) is 2. The summed E-state index contributed by atoms with van der Waals surface area (Å²) in [5.74, 6) is -0.531. The fraction of sp³-hybridized carbons (Fsp3) is 0.360. The first-order chi connectivity index (χ1) is 16.2. The molecule has 0 spiro atoms. The van der Waals surface area contributed by atoms with Gasteiger partial charge in [0.25, 0.3) is 0 Å². The van der Waals surface area contributed by atoms with Gasteiger partial charge in [0.05, 0.1) is 23.0 Å². The van der Waals surface area contributed by atoms with Crippen LogP contribution in [0.3, 0.4) is 0 Å². The van der Waals surface area contributed by atoms with E-state index in [1.54, 1.807) is 42.7 Å². The van der Waals surface area contributed by atoms with Crippen molar-refractivity contribution in [1.82, 2.24) is 19.6 Å². The van der Waals surface area contributed by atoms with Gasteiger partial charge in [-0.15, -0.1) is 0 Å². The Kier molecular flexibility index (Phi) is 7.13. The molecule has 3 aromatic rings. The largest absolute Gasteiger partial charge is 0.349 e. The van der Waals surface area contributed by atoms with Crippen molar-refractivity contribution in [2.24, 2.45) is 13.0 Å². The SMILES string of the molecule is C[C@@H](NC(=O)C1CCC(NS(=O)(=O)c2ccc(-c3cn(C)cn3)cc2)CC1)c1ccc(F)cc1. The number of amides is 1. The number of nitrogens with one attached hydrogen (secondary N) is 2. The molecular weight excluding hydrogens is 455 g/mol. The van der Waals surface area contributed by atoms with Crippen LogP contribution in [0.5, 0.6) is 0 Å². The molecule has 0 bridgehead atoms. The van der Waals surface area contributed by atoms with Crippen molar-refractivity contribution in [3.8, 4) is 11.3 Å². The predicted molar refractivity (Wildman–Crippen MR) is 128 cm³/mol. The summed E-state index contributed by atoms with van der Waals surface area (Å²) in [5.41, 5.74) is 2.47. The van der Waals surface area contributed by atoms with Gasteiger partial charge in [-0.25, -0.2) is 22.5 Å². The van der Waals surface area contributed by atoms with Crippen LogP contribution in [-0.2, 0) is 21.9 Å². The molecule has 34 heavy (non-hydrogen) atoms. The van der Waals surface area contributed by atoms with E-state index in [9.17, 15) is 17.6 Å². The second-order valence-corrected chi connectivity index (χ2v) is 10.6. The third kappa shape index (κ3) is 5.71. The van der Waals surface area contributed by atoms with Crippen molar-refractivity contribution in [2.75, 3.05) is 0 Å². The highest BCUT2D eigenvalue weighted by molar-refractivity contribution is 7.89. The van der Waals surface area contributed by atoms with Crippen LogP contribution in [0.15, 0.2) is 66.0 Å². The fourth-order valence-electron chi connectivity index (χ4n) is 4.29. The van der Waals surface area contributed by atoms with Crippen molar-refractivity contribution in [2.45, 2.75) is 49.6 Å². The van der Waals surface area contributed by atoms with E-state index < -0.39 is 10.0 Å². The molecule has 2 aromatic carbocycles. The topological polar surface area (TPSA) is 93.1 Å². The van der Waals surface area contributed by atoms with Gasteiger partial charge in [-0.05, 0) is 62.4 Å². The van der Waals surface area contributed by atoms with E-state index >= 15 is 0 Å². The number of aryl methyl sites for hydroxylation is 1. The molecular formula is C25H29FN4O3S. The van der Waals surface area contributed by atoms with Crippen molar-refractivity contribution in [3.63, 3.8) is 0 Å². The molecule has 1 fully saturated rings. The van der Waals surface area contributed by atoms with E-state index in [1.807, 2.05) is 24.7 Å². The number of carbonyl (C=O) groups excluding carboxylic acids is 1. The minimum Gasteiger partial charge on any atom is -0.349 e. The Morgan fingerprint density at radius 2 is 1.71 bits per heavy atom. The first-order valence-corrected chi connectivity index (χ1v) is 12.9. The van der Waals surface area contributed by atoms with Crippen molar-refractivity contribution in [1.29, 1.82) is 0 Å². The van der Waals surface area contributed by atoms with Crippen molar-refractivity contribution < 1.29 is 17.6 Å². The molecule has 0 aliphatic heterocycles. The number of halogens is 1. The van der Waals surface area contributed by atoms with Gasteiger partial charge in [-0.1, -0.05) is 24.3 Å². The predicted octanol–water partition coefficient (Wildman–Crippen LogP) is 3.94. The highest BCUT2D eigenvalue weighted by Crippen LogP contribution is 2.27. The van der Waals surface area contributed by atoms with Gasteiger partial charge in [0.1, 0.15) is 5.82 Å². The van der Waals surface area contributed by atoms with Gasteiger partial charge in [0, 0.05) is 30.8 Å². The second kappa shape index (κ2) is 10.1. The Balaban J connectivity index is 1.29. The minimum absolute atomic E-state index is 0.0526. The number of benzene rings is 2. The first kappa shape index (κ1) is 24.1. The lowest BCUT2D eigenvalue weighted by atomic mass is 9.85. The number of aromatic nitrogens is 2. The number of imidazole rings is 1. The van der Waals surface area contributed by atoms with Crippen LogP contribution in [0.1, 0.15) is 44.2 Å². The van der Waals surface area contributed by atoms with Crippen LogP contribution in [0.2, 0.25) is 0 Å². The molecule has 1 atom stereocenters. The lowest BCUT2D eigenvalue weighted by Gasteiger charge is -2.29. The van der Waals surface area contributed by atoms with E-state index in [-0.39, 0.29) is 34.6 Å². The summed E-state index contributed by atoms with van der Waals surface area (Å²) in [7, 11) is -1.78. The van der Waals surface area contributed by atoms with Gasteiger partial charge in [-0.2, -0.15) is 0 Å². The van der Waals surface area contributed by atoms with E-state index in [2.05, 4.69) is 15.0 Å². The Bertz CT molecular complexity index is 1230. The first-order valence-electron chi connectivity index (χ1n) is 11.4. The zero-order valence-corrected chi connectivity index (χ0v) is 20.1. The Labute approximate surface area is 199 Å². The molecule has 7 nitrogen and oxygen atoms in total. The van der Waals surface area contributed by atoms with Crippen LogP contribution >= 0.6 is 0 Å². The quantitative estimate of drug-likeness (QED) is 0.531.